The van der Waals surface area contributed by atoms with Crippen molar-refractivity contribution in [1.82, 2.24) is 19.9 Å². The van der Waals surface area contributed by atoms with Crippen LogP contribution in [0.5, 0.6) is 0 Å². The topological polar surface area (TPSA) is 59.0 Å². The molecule has 0 N–H and O–H groups in total. The maximum atomic E-state index is 12.6. The van der Waals surface area contributed by atoms with E-state index in [1.54, 1.807) is 7.05 Å². The zero-order valence-corrected chi connectivity index (χ0v) is 11.7. The number of halogens is 3. The molecule has 0 aliphatic heterocycles. The average Bonchev–Trinajstić information content (AvgIpc) is 2.47. The summed E-state index contributed by atoms with van der Waals surface area (Å²) in [6.45, 7) is 0.228. The van der Waals surface area contributed by atoms with E-state index >= 15 is 0 Å². The molecular formula is C14H13F3N4O. The van der Waals surface area contributed by atoms with Crippen LogP contribution in [0.3, 0.4) is 0 Å². The minimum Gasteiger partial charge on any atom is -0.339 e. The predicted octanol–water partition coefficient (Wildman–Crippen LogP) is 2.09. The minimum atomic E-state index is -4.52. The number of alkyl halides is 3. The fourth-order valence-electron chi connectivity index (χ4n) is 1.77. The van der Waals surface area contributed by atoms with E-state index in [0.717, 1.165) is 6.07 Å². The summed E-state index contributed by atoms with van der Waals surface area (Å²) in [4.78, 5) is 24.8. The summed E-state index contributed by atoms with van der Waals surface area (Å²) in [6, 6.07) is 3.50. The van der Waals surface area contributed by atoms with Crippen molar-refractivity contribution in [3.63, 3.8) is 0 Å². The first-order valence-electron chi connectivity index (χ1n) is 6.38. The van der Waals surface area contributed by atoms with Gasteiger partial charge in [0.25, 0.3) is 0 Å². The third-order valence-corrected chi connectivity index (χ3v) is 2.87. The summed E-state index contributed by atoms with van der Waals surface area (Å²) in [5.74, 6) is -0.350. The Labute approximate surface area is 124 Å². The molecule has 2 rings (SSSR count). The molecule has 0 spiro atoms. The first-order valence-corrected chi connectivity index (χ1v) is 6.38. The Kier molecular flexibility index (Phi) is 4.69. The third-order valence-electron chi connectivity index (χ3n) is 2.87. The molecule has 5 nitrogen and oxygen atoms in total. The van der Waals surface area contributed by atoms with E-state index < -0.39 is 11.9 Å². The molecule has 2 heterocycles. The normalized spacial score (nSPS) is 11.3. The van der Waals surface area contributed by atoms with E-state index in [-0.39, 0.29) is 24.6 Å². The standard InChI is InChI=1S/C14H13F3N4O/c1-21(9-11-8-18-5-6-19-11)13(22)7-10-3-2-4-12(20-10)14(15,16)17/h2-6,8H,7,9H2,1H3. The predicted molar refractivity (Wildman–Crippen MR) is 71.4 cm³/mol. The monoisotopic (exact) mass is 310 g/mol. The number of carbonyl (C=O) groups is 1. The van der Waals surface area contributed by atoms with Gasteiger partial charge >= 0.3 is 6.18 Å². The van der Waals surface area contributed by atoms with Gasteiger partial charge in [0, 0.05) is 19.4 Å². The van der Waals surface area contributed by atoms with Gasteiger partial charge in [-0.05, 0) is 12.1 Å². The number of hydrogen-bond donors (Lipinski definition) is 0. The maximum Gasteiger partial charge on any atom is 0.433 e. The highest BCUT2D eigenvalue weighted by Gasteiger charge is 2.32. The molecule has 0 bridgehead atoms. The summed E-state index contributed by atoms with van der Waals surface area (Å²) >= 11 is 0. The molecule has 0 aliphatic carbocycles. The van der Waals surface area contributed by atoms with Crippen LogP contribution in [0, 0.1) is 0 Å². The molecule has 0 fully saturated rings. The van der Waals surface area contributed by atoms with Crippen molar-refractivity contribution in [2.45, 2.75) is 19.1 Å². The molecule has 2 aromatic heterocycles. The van der Waals surface area contributed by atoms with Gasteiger partial charge in [0.2, 0.25) is 5.91 Å². The second kappa shape index (κ2) is 6.50. The van der Waals surface area contributed by atoms with E-state index in [0.29, 0.717) is 5.69 Å². The first-order chi connectivity index (χ1) is 10.4. The van der Waals surface area contributed by atoms with Crippen molar-refractivity contribution in [2.24, 2.45) is 0 Å². The van der Waals surface area contributed by atoms with Gasteiger partial charge in [0.15, 0.2) is 0 Å². The Morgan fingerprint density at radius 3 is 2.64 bits per heavy atom. The molecule has 22 heavy (non-hydrogen) atoms. The Balaban J connectivity index is 2.02. The molecule has 0 atom stereocenters. The van der Waals surface area contributed by atoms with Crippen LogP contribution in [0.2, 0.25) is 0 Å². The number of rotatable bonds is 4. The van der Waals surface area contributed by atoms with Crippen molar-refractivity contribution >= 4 is 5.91 Å². The van der Waals surface area contributed by atoms with Crippen LogP contribution in [0.25, 0.3) is 0 Å². The fourth-order valence-corrected chi connectivity index (χ4v) is 1.77. The van der Waals surface area contributed by atoms with Gasteiger partial charge in [-0.25, -0.2) is 4.98 Å². The number of hydrogen-bond acceptors (Lipinski definition) is 4. The highest BCUT2D eigenvalue weighted by Crippen LogP contribution is 2.27. The number of nitrogens with zero attached hydrogens (tertiary/aromatic N) is 4. The van der Waals surface area contributed by atoms with Gasteiger partial charge in [-0.15, -0.1) is 0 Å². The van der Waals surface area contributed by atoms with E-state index in [4.69, 9.17) is 0 Å². The van der Waals surface area contributed by atoms with Crippen molar-refractivity contribution in [3.8, 4) is 0 Å². The molecular weight excluding hydrogens is 297 g/mol. The van der Waals surface area contributed by atoms with Crippen LogP contribution >= 0.6 is 0 Å². The van der Waals surface area contributed by atoms with Crippen molar-refractivity contribution in [2.75, 3.05) is 7.05 Å². The summed E-state index contributed by atoms with van der Waals surface area (Å²) < 4.78 is 37.7. The number of amides is 1. The first kappa shape index (κ1) is 15.9. The van der Waals surface area contributed by atoms with Crippen molar-refractivity contribution in [1.29, 1.82) is 0 Å². The second-order valence-electron chi connectivity index (χ2n) is 4.64. The maximum absolute atomic E-state index is 12.6. The lowest BCUT2D eigenvalue weighted by molar-refractivity contribution is -0.141. The molecule has 0 radical (unpaired) electrons. The minimum absolute atomic E-state index is 0.0748. The zero-order chi connectivity index (χ0) is 16.2. The molecule has 116 valence electrons. The quantitative estimate of drug-likeness (QED) is 0.867. The Morgan fingerprint density at radius 2 is 2.00 bits per heavy atom. The number of carbonyl (C=O) groups excluding carboxylic acids is 1. The summed E-state index contributed by atoms with van der Waals surface area (Å²) in [5, 5.41) is 0. The van der Waals surface area contributed by atoms with Crippen molar-refractivity contribution < 1.29 is 18.0 Å². The van der Waals surface area contributed by atoms with Crippen LogP contribution in [-0.4, -0.2) is 32.8 Å². The number of likely N-dealkylation sites (N-methyl/N-ethyl adjacent to an activating group) is 1. The van der Waals surface area contributed by atoms with Gasteiger partial charge in [-0.3, -0.25) is 14.8 Å². The Bertz CT molecular complexity index is 646. The molecule has 0 unspecified atom stereocenters. The highest BCUT2D eigenvalue weighted by atomic mass is 19.4. The summed E-state index contributed by atoms with van der Waals surface area (Å²) in [7, 11) is 1.55. The van der Waals surface area contributed by atoms with Crippen LogP contribution in [0.15, 0.2) is 36.8 Å². The molecule has 0 saturated heterocycles. The van der Waals surface area contributed by atoms with Gasteiger partial charge in [-0.1, -0.05) is 6.07 Å². The van der Waals surface area contributed by atoms with Gasteiger partial charge < -0.3 is 4.90 Å². The lowest BCUT2D eigenvalue weighted by Gasteiger charge is -2.16. The van der Waals surface area contributed by atoms with Crippen LogP contribution < -0.4 is 0 Å². The summed E-state index contributed by atoms with van der Waals surface area (Å²) in [6.07, 6.45) is -0.197. The van der Waals surface area contributed by atoms with Gasteiger partial charge in [0.1, 0.15) is 5.69 Å². The van der Waals surface area contributed by atoms with Crippen molar-refractivity contribution in [3.05, 3.63) is 53.9 Å². The molecule has 1 amide bonds. The van der Waals surface area contributed by atoms with E-state index in [1.165, 1.54) is 35.6 Å². The highest BCUT2D eigenvalue weighted by molar-refractivity contribution is 5.78. The lowest BCUT2D eigenvalue weighted by Crippen LogP contribution is -2.28. The number of aromatic nitrogens is 3. The average molecular weight is 310 g/mol. The second-order valence-corrected chi connectivity index (χ2v) is 4.64. The third kappa shape index (κ3) is 4.24. The molecule has 8 heteroatoms. The summed E-state index contributed by atoms with van der Waals surface area (Å²) in [5.41, 5.74) is -0.337. The van der Waals surface area contributed by atoms with Crippen LogP contribution in [0.1, 0.15) is 17.1 Å². The molecule has 0 saturated carbocycles. The largest absolute Gasteiger partial charge is 0.433 e. The van der Waals surface area contributed by atoms with E-state index in [2.05, 4.69) is 15.0 Å². The number of pyridine rings is 1. The van der Waals surface area contributed by atoms with Gasteiger partial charge in [-0.2, -0.15) is 13.2 Å². The molecule has 0 aromatic carbocycles. The van der Waals surface area contributed by atoms with Crippen LogP contribution in [0.4, 0.5) is 13.2 Å². The van der Waals surface area contributed by atoms with Crippen LogP contribution in [-0.2, 0) is 23.9 Å². The molecule has 0 aliphatic rings. The SMILES string of the molecule is CN(Cc1cnccn1)C(=O)Cc1cccc(C(F)(F)F)n1. The van der Waals surface area contributed by atoms with E-state index in [1.807, 2.05) is 0 Å². The van der Waals surface area contributed by atoms with E-state index in [9.17, 15) is 18.0 Å². The smallest absolute Gasteiger partial charge is 0.339 e. The fraction of sp³-hybridized carbons (Fsp3) is 0.286. The van der Waals surface area contributed by atoms with Gasteiger partial charge in [0.05, 0.1) is 30.6 Å². The Hall–Kier alpha value is -2.51. The molecule has 2 aromatic rings. The lowest BCUT2D eigenvalue weighted by atomic mass is 10.2. The zero-order valence-electron chi connectivity index (χ0n) is 11.7. The Morgan fingerprint density at radius 1 is 1.23 bits per heavy atom.